The Hall–Kier alpha value is -0.000000000000000111. The Morgan fingerprint density at radius 2 is 1.48 bits per heavy atom. The number of thioether (sulfide) groups is 2. The molecule has 0 saturated carbocycles. The van der Waals surface area contributed by atoms with E-state index in [1.165, 1.54) is 69.8 Å². The Kier molecular flexibility index (Phi) is 16.9. The third kappa shape index (κ3) is 16.6. The summed E-state index contributed by atoms with van der Waals surface area (Å²) in [6.07, 6.45) is 16.3. The van der Waals surface area contributed by atoms with Gasteiger partial charge in [0.05, 0.1) is 5.41 Å². The molecule has 158 valence electrons. The van der Waals surface area contributed by atoms with Crippen LogP contribution in [0.15, 0.2) is 11.6 Å². The third-order valence-corrected chi connectivity index (χ3v) is 7.65. The average molecular weight is 433 g/mol. The van der Waals surface area contributed by atoms with Gasteiger partial charge in [-0.15, -0.1) is 23.5 Å². The number of hydrogen-bond acceptors (Lipinski definition) is 4. The van der Waals surface area contributed by atoms with Crippen LogP contribution in [0.5, 0.6) is 0 Å². The molecule has 27 heavy (non-hydrogen) atoms. The number of hydrogen-bond donors (Lipinski definition) is 1. The Morgan fingerprint density at radius 1 is 0.963 bits per heavy atom. The highest BCUT2D eigenvalue weighted by atomic mass is 32.2. The monoisotopic (exact) mass is 432 g/mol. The number of allylic oxidation sites excluding steroid dienone is 1. The minimum Gasteiger partial charge on any atom is -0.481 e. The van der Waals surface area contributed by atoms with Gasteiger partial charge in [-0.2, -0.15) is 0 Å². The molecule has 0 aliphatic rings. The quantitative estimate of drug-likeness (QED) is 0.151. The molecule has 0 amide bonds. The fourth-order valence-corrected chi connectivity index (χ4v) is 4.70. The number of aliphatic carboxylic acids is 1. The first-order valence-corrected chi connectivity index (χ1v) is 12.9. The van der Waals surface area contributed by atoms with E-state index in [-0.39, 0.29) is 0 Å². The van der Waals surface area contributed by atoms with Crippen molar-refractivity contribution in [2.24, 2.45) is 5.41 Å². The molecular formula is C22H40O2S3. The molecule has 0 unspecified atom stereocenters. The van der Waals surface area contributed by atoms with Gasteiger partial charge in [-0.1, -0.05) is 88.6 Å². The summed E-state index contributed by atoms with van der Waals surface area (Å²) < 4.78 is 1.01. The van der Waals surface area contributed by atoms with Gasteiger partial charge < -0.3 is 5.11 Å². The number of rotatable bonds is 16. The lowest BCUT2D eigenvalue weighted by atomic mass is 9.89. The molecule has 0 saturated heterocycles. The first-order chi connectivity index (χ1) is 12.8. The molecule has 0 aromatic carbocycles. The average Bonchev–Trinajstić information content (AvgIpc) is 2.62. The Morgan fingerprint density at radius 3 is 2.00 bits per heavy atom. The predicted octanol–water partition coefficient (Wildman–Crippen LogP) is 8.11. The van der Waals surface area contributed by atoms with Crippen LogP contribution in [0.2, 0.25) is 0 Å². The summed E-state index contributed by atoms with van der Waals surface area (Å²) in [5, 5.41) is 9.15. The van der Waals surface area contributed by atoms with Gasteiger partial charge in [-0.05, 0) is 39.4 Å². The molecule has 0 aliphatic heterocycles. The summed E-state index contributed by atoms with van der Waals surface area (Å²) >= 11 is 8.95. The smallest absolute Gasteiger partial charge is 0.309 e. The summed E-state index contributed by atoms with van der Waals surface area (Å²) in [6.45, 7) is 7.85. The molecule has 0 heterocycles. The second kappa shape index (κ2) is 16.9. The molecule has 0 spiro atoms. The van der Waals surface area contributed by atoms with Gasteiger partial charge in [-0.3, -0.25) is 4.79 Å². The van der Waals surface area contributed by atoms with Crippen LogP contribution in [0, 0.1) is 5.41 Å². The minimum atomic E-state index is -0.748. The largest absolute Gasteiger partial charge is 0.481 e. The molecule has 0 atom stereocenters. The van der Waals surface area contributed by atoms with Gasteiger partial charge in [-0.25, -0.2) is 0 Å². The van der Waals surface area contributed by atoms with Crippen molar-refractivity contribution in [2.45, 2.75) is 98.3 Å². The zero-order chi connectivity index (χ0) is 20.5. The maximum atomic E-state index is 11.1. The molecule has 0 bridgehead atoms. The highest BCUT2D eigenvalue weighted by Crippen LogP contribution is 2.25. The maximum Gasteiger partial charge on any atom is 0.309 e. The Balaban J connectivity index is 3.60. The zero-order valence-electron chi connectivity index (χ0n) is 17.8. The molecule has 0 radical (unpaired) electrons. The van der Waals surface area contributed by atoms with Gasteiger partial charge in [0, 0.05) is 5.75 Å². The van der Waals surface area contributed by atoms with Crippen molar-refractivity contribution in [3.63, 3.8) is 0 Å². The molecule has 0 aromatic rings. The highest BCUT2D eigenvalue weighted by molar-refractivity contribution is 8.47. The van der Waals surface area contributed by atoms with Crippen LogP contribution in [-0.2, 0) is 4.79 Å². The van der Waals surface area contributed by atoms with Crippen molar-refractivity contribution in [1.82, 2.24) is 0 Å². The standard InChI is InChI=1S/C22H40O2S3/c1-5-6-7-8-9-10-11-12-13-14-17-26-21(25)27-18-19(2)15-16-22(3,4)20(23)24/h15H,5-14,16-18H2,1-4H3,(H,23,24)/b19-15+. The number of carbonyl (C=O) groups is 1. The van der Waals surface area contributed by atoms with E-state index in [0.717, 1.165) is 15.0 Å². The van der Waals surface area contributed by atoms with E-state index in [2.05, 4.69) is 13.8 Å². The van der Waals surface area contributed by atoms with Gasteiger partial charge in [0.2, 0.25) is 0 Å². The number of unbranched alkanes of at least 4 members (excludes halogenated alkanes) is 9. The summed E-state index contributed by atoms with van der Waals surface area (Å²) in [6, 6.07) is 0. The molecule has 0 fully saturated rings. The van der Waals surface area contributed by atoms with Crippen LogP contribution in [0.25, 0.3) is 0 Å². The molecule has 1 N–H and O–H groups in total. The van der Waals surface area contributed by atoms with Crippen molar-refractivity contribution in [3.05, 3.63) is 11.6 Å². The lowest BCUT2D eigenvalue weighted by Gasteiger charge is -2.16. The normalized spacial score (nSPS) is 12.4. The summed E-state index contributed by atoms with van der Waals surface area (Å²) in [7, 11) is 0. The molecule has 0 rings (SSSR count). The van der Waals surface area contributed by atoms with Crippen LogP contribution in [0.3, 0.4) is 0 Å². The van der Waals surface area contributed by atoms with E-state index in [9.17, 15) is 4.79 Å². The van der Waals surface area contributed by atoms with Crippen LogP contribution in [0.4, 0.5) is 0 Å². The number of thiocarbonyl (C=S) groups is 1. The van der Waals surface area contributed by atoms with E-state index in [0.29, 0.717) is 6.42 Å². The first-order valence-electron chi connectivity index (χ1n) is 10.5. The first kappa shape index (κ1) is 27.0. The van der Waals surface area contributed by atoms with Gasteiger partial charge in [0.15, 0.2) is 0 Å². The number of carboxylic acids is 1. The van der Waals surface area contributed by atoms with Crippen molar-refractivity contribution >= 4 is 45.2 Å². The fraction of sp³-hybridized carbons (Fsp3) is 0.818. The van der Waals surface area contributed by atoms with Gasteiger partial charge in [0.1, 0.15) is 3.53 Å². The highest BCUT2D eigenvalue weighted by Gasteiger charge is 2.25. The molecule has 2 nitrogen and oxygen atoms in total. The maximum absolute atomic E-state index is 11.1. The molecule has 0 aromatic heterocycles. The summed E-state index contributed by atoms with van der Waals surface area (Å²) in [5.74, 6) is 1.23. The van der Waals surface area contributed by atoms with E-state index in [1.54, 1.807) is 37.4 Å². The summed E-state index contributed by atoms with van der Waals surface area (Å²) in [4.78, 5) is 11.1. The fourth-order valence-electron chi connectivity index (χ4n) is 2.54. The molecular weight excluding hydrogens is 392 g/mol. The Labute approximate surface area is 181 Å². The van der Waals surface area contributed by atoms with Gasteiger partial charge in [0.25, 0.3) is 0 Å². The number of carboxylic acid groups (broad SMARTS) is 1. The minimum absolute atomic E-state index is 0.563. The topological polar surface area (TPSA) is 37.3 Å². The molecule has 5 heteroatoms. The Bertz CT molecular complexity index is 445. The lowest BCUT2D eigenvalue weighted by molar-refractivity contribution is -0.146. The lowest BCUT2D eigenvalue weighted by Crippen LogP contribution is -2.22. The van der Waals surface area contributed by atoms with Crippen LogP contribution < -0.4 is 0 Å². The molecule has 0 aliphatic carbocycles. The second-order valence-corrected chi connectivity index (χ2v) is 11.3. The summed E-state index contributed by atoms with van der Waals surface area (Å²) in [5.41, 5.74) is 0.507. The van der Waals surface area contributed by atoms with E-state index in [1.807, 2.05) is 6.08 Å². The van der Waals surface area contributed by atoms with Gasteiger partial charge >= 0.3 is 5.97 Å². The SMILES string of the molecule is CCCCCCCCCCCCSC(=S)SC/C(C)=C/CC(C)(C)C(=O)O. The third-order valence-electron chi connectivity index (χ3n) is 4.68. The van der Waals surface area contributed by atoms with Crippen molar-refractivity contribution in [2.75, 3.05) is 11.5 Å². The van der Waals surface area contributed by atoms with Crippen LogP contribution >= 0.6 is 35.7 Å². The van der Waals surface area contributed by atoms with Crippen LogP contribution in [-0.4, -0.2) is 26.1 Å². The van der Waals surface area contributed by atoms with E-state index in [4.69, 9.17) is 17.3 Å². The predicted molar refractivity (Wildman–Crippen MR) is 129 cm³/mol. The zero-order valence-corrected chi connectivity index (χ0v) is 20.3. The van der Waals surface area contributed by atoms with Crippen LogP contribution in [0.1, 0.15) is 98.3 Å². The second-order valence-electron chi connectivity index (χ2n) is 8.01. The van der Waals surface area contributed by atoms with Crippen molar-refractivity contribution in [1.29, 1.82) is 0 Å². The van der Waals surface area contributed by atoms with Crippen molar-refractivity contribution < 1.29 is 9.90 Å². The van der Waals surface area contributed by atoms with E-state index < -0.39 is 11.4 Å². The van der Waals surface area contributed by atoms with E-state index >= 15 is 0 Å². The van der Waals surface area contributed by atoms with Crippen molar-refractivity contribution in [3.8, 4) is 0 Å².